The highest BCUT2D eigenvalue weighted by atomic mass is 16.5. The second-order valence-corrected chi connectivity index (χ2v) is 4.88. The minimum Gasteiger partial charge on any atom is -0.495 e. The van der Waals surface area contributed by atoms with Crippen molar-refractivity contribution in [1.29, 1.82) is 0 Å². The molecule has 2 aromatic rings. The number of nitrogens with zero attached hydrogens (tertiary/aromatic N) is 1. The Bertz CT molecular complexity index is 619. The van der Waals surface area contributed by atoms with Gasteiger partial charge in [-0.05, 0) is 50.2 Å². The van der Waals surface area contributed by atoms with Crippen LogP contribution in [0, 0.1) is 0 Å². The lowest BCUT2D eigenvalue weighted by Gasteiger charge is -2.18. The Labute approximate surface area is 131 Å². The van der Waals surface area contributed by atoms with Crippen LogP contribution in [0.3, 0.4) is 0 Å². The fourth-order valence-electron chi connectivity index (χ4n) is 2.29. The molecular weight excluding hydrogens is 276 g/mol. The summed E-state index contributed by atoms with van der Waals surface area (Å²) in [6, 6.07) is 15.2. The molecule has 0 aliphatic heterocycles. The Morgan fingerprint density at radius 1 is 1.05 bits per heavy atom. The number of hydrogen-bond donors (Lipinski definition) is 1. The van der Waals surface area contributed by atoms with Crippen LogP contribution in [0.5, 0.6) is 5.75 Å². The standard InChI is InChI=1S/C18H22N2O2/c1-4-20(5-2)18(21)14-10-12-15(13-11-14)19-16-8-6-7-9-17(16)22-3/h6-13,19H,4-5H2,1-3H3. The summed E-state index contributed by atoms with van der Waals surface area (Å²) in [4.78, 5) is 14.1. The van der Waals surface area contributed by atoms with E-state index in [0.29, 0.717) is 5.56 Å². The van der Waals surface area contributed by atoms with Gasteiger partial charge in [0.25, 0.3) is 5.91 Å². The second kappa shape index (κ2) is 7.50. The number of hydrogen-bond acceptors (Lipinski definition) is 3. The van der Waals surface area contributed by atoms with Gasteiger partial charge in [0.2, 0.25) is 0 Å². The van der Waals surface area contributed by atoms with Crippen molar-refractivity contribution in [1.82, 2.24) is 4.90 Å². The lowest BCUT2D eigenvalue weighted by atomic mass is 10.1. The van der Waals surface area contributed by atoms with Gasteiger partial charge < -0.3 is 15.0 Å². The van der Waals surface area contributed by atoms with Gasteiger partial charge in [0, 0.05) is 24.3 Å². The van der Waals surface area contributed by atoms with Crippen LogP contribution in [0.2, 0.25) is 0 Å². The molecule has 4 heteroatoms. The molecule has 0 atom stereocenters. The summed E-state index contributed by atoms with van der Waals surface area (Å²) in [5.74, 6) is 0.847. The van der Waals surface area contributed by atoms with E-state index < -0.39 is 0 Å². The average molecular weight is 298 g/mol. The third kappa shape index (κ3) is 3.58. The van der Waals surface area contributed by atoms with E-state index >= 15 is 0 Å². The van der Waals surface area contributed by atoms with Gasteiger partial charge in [-0.15, -0.1) is 0 Å². The quantitative estimate of drug-likeness (QED) is 0.879. The number of anilines is 2. The van der Waals surface area contributed by atoms with E-state index in [4.69, 9.17) is 4.74 Å². The summed E-state index contributed by atoms with van der Waals surface area (Å²) in [5.41, 5.74) is 2.52. The highest BCUT2D eigenvalue weighted by molar-refractivity contribution is 5.94. The predicted octanol–water partition coefficient (Wildman–Crippen LogP) is 3.92. The van der Waals surface area contributed by atoms with Crippen LogP contribution in [0.4, 0.5) is 11.4 Å². The number of para-hydroxylation sites is 2. The molecule has 0 aliphatic carbocycles. The maximum atomic E-state index is 12.3. The van der Waals surface area contributed by atoms with Gasteiger partial charge in [0.05, 0.1) is 12.8 Å². The zero-order valence-corrected chi connectivity index (χ0v) is 13.3. The highest BCUT2D eigenvalue weighted by Crippen LogP contribution is 2.27. The van der Waals surface area contributed by atoms with E-state index in [1.165, 1.54) is 0 Å². The van der Waals surface area contributed by atoms with Crippen LogP contribution < -0.4 is 10.1 Å². The number of nitrogens with one attached hydrogen (secondary N) is 1. The normalized spacial score (nSPS) is 10.1. The Kier molecular flexibility index (Phi) is 5.42. The first kappa shape index (κ1) is 15.9. The highest BCUT2D eigenvalue weighted by Gasteiger charge is 2.12. The maximum Gasteiger partial charge on any atom is 0.253 e. The van der Waals surface area contributed by atoms with Crippen LogP contribution in [0.1, 0.15) is 24.2 Å². The molecule has 0 aromatic heterocycles. The van der Waals surface area contributed by atoms with Crippen LogP contribution in [0.15, 0.2) is 48.5 Å². The smallest absolute Gasteiger partial charge is 0.253 e. The lowest BCUT2D eigenvalue weighted by Crippen LogP contribution is -2.30. The number of rotatable bonds is 6. The first-order valence-electron chi connectivity index (χ1n) is 7.49. The van der Waals surface area contributed by atoms with E-state index in [9.17, 15) is 4.79 Å². The SMILES string of the molecule is CCN(CC)C(=O)c1ccc(Nc2ccccc2OC)cc1. The summed E-state index contributed by atoms with van der Waals surface area (Å²) in [6.07, 6.45) is 0. The van der Waals surface area contributed by atoms with Crippen LogP contribution in [-0.4, -0.2) is 31.0 Å². The van der Waals surface area contributed by atoms with Gasteiger partial charge in [-0.3, -0.25) is 4.79 Å². The van der Waals surface area contributed by atoms with Gasteiger partial charge in [0.1, 0.15) is 5.75 Å². The molecular formula is C18H22N2O2. The third-order valence-corrected chi connectivity index (χ3v) is 3.57. The van der Waals surface area contributed by atoms with Gasteiger partial charge in [-0.2, -0.15) is 0 Å². The van der Waals surface area contributed by atoms with Crippen molar-refractivity contribution in [2.75, 3.05) is 25.5 Å². The Hall–Kier alpha value is -2.49. The molecule has 0 fully saturated rings. The van der Waals surface area contributed by atoms with Crippen molar-refractivity contribution < 1.29 is 9.53 Å². The molecule has 116 valence electrons. The van der Waals surface area contributed by atoms with Crippen molar-refractivity contribution in [2.45, 2.75) is 13.8 Å². The fraction of sp³-hybridized carbons (Fsp3) is 0.278. The second-order valence-electron chi connectivity index (χ2n) is 4.88. The van der Waals surface area contributed by atoms with Crippen LogP contribution >= 0.6 is 0 Å². The van der Waals surface area contributed by atoms with Crippen LogP contribution in [-0.2, 0) is 0 Å². The summed E-state index contributed by atoms with van der Waals surface area (Å²) in [6.45, 7) is 5.41. The summed E-state index contributed by atoms with van der Waals surface area (Å²) in [5, 5.41) is 3.30. The van der Waals surface area contributed by atoms with Crippen molar-refractivity contribution in [3.8, 4) is 5.75 Å². The number of methoxy groups -OCH3 is 1. The number of amides is 1. The van der Waals surface area contributed by atoms with Crippen molar-refractivity contribution in [2.24, 2.45) is 0 Å². The first-order chi connectivity index (χ1) is 10.7. The van der Waals surface area contributed by atoms with Gasteiger partial charge in [0.15, 0.2) is 0 Å². The average Bonchev–Trinajstić information content (AvgIpc) is 2.57. The minimum absolute atomic E-state index is 0.0637. The number of carbonyl (C=O) groups is 1. The van der Waals surface area contributed by atoms with Gasteiger partial charge >= 0.3 is 0 Å². The van der Waals surface area contributed by atoms with Crippen LogP contribution in [0.25, 0.3) is 0 Å². The molecule has 0 spiro atoms. The minimum atomic E-state index is 0.0637. The molecule has 0 saturated carbocycles. The molecule has 1 N–H and O–H groups in total. The molecule has 0 unspecified atom stereocenters. The fourth-order valence-corrected chi connectivity index (χ4v) is 2.29. The van der Waals surface area contributed by atoms with Crippen molar-refractivity contribution in [3.63, 3.8) is 0 Å². The molecule has 0 saturated heterocycles. The summed E-state index contributed by atoms with van der Waals surface area (Å²) in [7, 11) is 1.65. The Balaban J connectivity index is 2.14. The monoisotopic (exact) mass is 298 g/mol. The van der Waals surface area contributed by atoms with E-state index in [0.717, 1.165) is 30.2 Å². The van der Waals surface area contributed by atoms with Crippen molar-refractivity contribution in [3.05, 3.63) is 54.1 Å². The Morgan fingerprint density at radius 3 is 2.27 bits per heavy atom. The molecule has 0 bridgehead atoms. The van der Waals surface area contributed by atoms with Crippen molar-refractivity contribution >= 4 is 17.3 Å². The Morgan fingerprint density at radius 2 is 1.68 bits per heavy atom. The summed E-state index contributed by atoms with van der Waals surface area (Å²) < 4.78 is 5.32. The number of ether oxygens (including phenoxy) is 1. The molecule has 2 aromatic carbocycles. The topological polar surface area (TPSA) is 41.6 Å². The maximum absolute atomic E-state index is 12.3. The van der Waals surface area contributed by atoms with E-state index in [1.54, 1.807) is 7.11 Å². The lowest BCUT2D eigenvalue weighted by molar-refractivity contribution is 0.0773. The van der Waals surface area contributed by atoms with E-state index in [2.05, 4.69) is 5.32 Å². The molecule has 0 heterocycles. The molecule has 2 rings (SSSR count). The van der Waals surface area contributed by atoms with Gasteiger partial charge in [-0.1, -0.05) is 12.1 Å². The van der Waals surface area contributed by atoms with E-state index in [-0.39, 0.29) is 5.91 Å². The zero-order valence-electron chi connectivity index (χ0n) is 13.3. The predicted molar refractivity (Wildman–Crippen MR) is 90.0 cm³/mol. The molecule has 0 aliphatic rings. The first-order valence-corrected chi connectivity index (χ1v) is 7.49. The largest absolute Gasteiger partial charge is 0.495 e. The molecule has 0 radical (unpaired) electrons. The molecule has 4 nitrogen and oxygen atoms in total. The third-order valence-electron chi connectivity index (χ3n) is 3.57. The summed E-state index contributed by atoms with van der Waals surface area (Å²) >= 11 is 0. The molecule has 1 amide bonds. The van der Waals surface area contributed by atoms with Gasteiger partial charge in [-0.25, -0.2) is 0 Å². The zero-order chi connectivity index (χ0) is 15.9. The number of benzene rings is 2. The number of carbonyl (C=O) groups excluding carboxylic acids is 1. The van der Waals surface area contributed by atoms with E-state index in [1.807, 2.05) is 67.3 Å². The molecule has 22 heavy (non-hydrogen) atoms.